The monoisotopic (exact) mass is 296 g/mol. The average molecular weight is 296 g/mol. The Morgan fingerprint density at radius 2 is 0.850 bits per heavy atom. The van der Waals surface area contributed by atoms with Crippen molar-refractivity contribution in [2.24, 2.45) is 17.8 Å². The zero-order valence-corrected chi connectivity index (χ0v) is 15.4. The smallest absolute Gasteiger partial charge is 0.625 e. The van der Waals surface area contributed by atoms with E-state index in [-0.39, 0.29) is 29.6 Å². The van der Waals surface area contributed by atoms with Crippen LogP contribution in [0.25, 0.3) is 0 Å². The molecule has 0 saturated carbocycles. The maximum absolute atomic E-state index is 11.5. The summed E-state index contributed by atoms with van der Waals surface area (Å²) in [6.07, 6.45) is 0. The van der Waals surface area contributed by atoms with Crippen molar-refractivity contribution in [3.05, 3.63) is 0 Å². The third kappa shape index (κ3) is 8.61. The van der Waals surface area contributed by atoms with Gasteiger partial charge in [-0.3, -0.25) is 14.4 Å². The van der Waals surface area contributed by atoms with E-state index >= 15 is 0 Å². The Balaban J connectivity index is 0. The van der Waals surface area contributed by atoms with Crippen LogP contribution in [0, 0.1) is 17.8 Å². The molecule has 0 fully saturated rings. The number of hydrogen-bond donors (Lipinski definition) is 0. The van der Waals surface area contributed by atoms with Crippen LogP contribution in [-0.4, -0.2) is 25.2 Å². The molecule has 0 N–H and O–H groups in total. The molecule has 0 unspecified atom stereocenters. The van der Waals surface area contributed by atoms with Crippen LogP contribution < -0.4 is 29.6 Å². The fourth-order valence-electron chi connectivity index (χ4n) is 0.937. The van der Waals surface area contributed by atoms with Gasteiger partial charge < -0.3 is 14.0 Å². The summed E-state index contributed by atoms with van der Waals surface area (Å²) in [6.45, 7) is 9.79. The van der Waals surface area contributed by atoms with Gasteiger partial charge in [-0.25, -0.2) is 0 Å². The van der Waals surface area contributed by atoms with Crippen molar-refractivity contribution in [1.82, 2.24) is 0 Å². The minimum atomic E-state index is -2.52. The van der Waals surface area contributed by atoms with Crippen molar-refractivity contribution in [3.63, 3.8) is 0 Å². The number of carbonyl (C=O) groups excluding carboxylic acids is 3. The minimum Gasteiger partial charge on any atom is -0.625 e. The first-order valence-electron chi connectivity index (χ1n) is 6.42. The summed E-state index contributed by atoms with van der Waals surface area (Å²) in [5.74, 6) is -2.92. The second-order valence-electron chi connectivity index (χ2n) is 5.21. The molecule has 0 aromatic heterocycles. The summed E-state index contributed by atoms with van der Waals surface area (Å²) in [6, 6.07) is 0. The van der Waals surface area contributed by atoms with E-state index in [4.69, 9.17) is 14.0 Å². The summed E-state index contributed by atoms with van der Waals surface area (Å²) in [5, 5.41) is 0. The SMILES string of the molecule is CC(C)C(=O)O[BH-](OC(=O)C(C)C)OC(=O)C(C)C.[Na+]. The molecule has 6 nitrogen and oxygen atoms in total. The number of carbonyl (C=O) groups is 3. The van der Waals surface area contributed by atoms with Crippen LogP contribution >= 0.6 is 0 Å². The normalized spacial score (nSPS) is 10.5. The first kappa shape index (κ1) is 21.8. The van der Waals surface area contributed by atoms with Crippen molar-refractivity contribution < 1.29 is 57.9 Å². The predicted octanol–water partition coefficient (Wildman–Crippen LogP) is -1.69. The Labute approximate surface area is 142 Å². The van der Waals surface area contributed by atoms with Gasteiger partial charge in [-0.2, -0.15) is 0 Å². The van der Waals surface area contributed by atoms with Gasteiger partial charge in [0.1, 0.15) is 0 Å². The molecule has 20 heavy (non-hydrogen) atoms. The van der Waals surface area contributed by atoms with Gasteiger partial charge in [0.25, 0.3) is 17.9 Å². The van der Waals surface area contributed by atoms with E-state index in [0.717, 1.165) is 0 Å². The van der Waals surface area contributed by atoms with Crippen LogP contribution in [0.15, 0.2) is 0 Å². The maximum atomic E-state index is 11.5. The van der Waals surface area contributed by atoms with Gasteiger partial charge in [-0.05, 0) is 0 Å². The Hall–Kier alpha value is -0.525. The molecule has 110 valence electrons. The topological polar surface area (TPSA) is 78.9 Å². The van der Waals surface area contributed by atoms with Gasteiger partial charge >= 0.3 is 36.9 Å². The molecule has 0 rings (SSSR count). The summed E-state index contributed by atoms with van der Waals surface area (Å²) < 4.78 is 14.7. The van der Waals surface area contributed by atoms with E-state index < -0.39 is 43.0 Å². The van der Waals surface area contributed by atoms with E-state index in [1.165, 1.54) is 0 Å². The molecule has 0 bridgehead atoms. The van der Waals surface area contributed by atoms with Crippen molar-refractivity contribution in [3.8, 4) is 0 Å². The summed E-state index contributed by atoms with van der Waals surface area (Å²) >= 11 is 0. The van der Waals surface area contributed by atoms with Gasteiger partial charge in [-0.15, -0.1) is 0 Å². The Kier molecular flexibility index (Phi) is 11.1. The van der Waals surface area contributed by atoms with Crippen molar-refractivity contribution in [2.75, 3.05) is 0 Å². The maximum Gasteiger partial charge on any atom is 1.00 e. The molecule has 0 saturated heterocycles. The molecular weight excluding hydrogens is 274 g/mol. The van der Waals surface area contributed by atoms with E-state index in [1.807, 2.05) is 0 Å². The van der Waals surface area contributed by atoms with Crippen LogP contribution in [-0.2, 0) is 28.3 Å². The molecular formula is C12H22BNaO6. The Morgan fingerprint density at radius 1 is 0.650 bits per heavy atom. The molecule has 0 aromatic rings. The third-order valence-electron chi connectivity index (χ3n) is 2.19. The average Bonchev–Trinajstić information content (AvgIpc) is 2.27. The van der Waals surface area contributed by atoms with Crippen LogP contribution in [0.2, 0.25) is 0 Å². The summed E-state index contributed by atoms with van der Waals surface area (Å²) in [4.78, 5) is 34.4. The summed E-state index contributed by atoms with van der Waals surface area (Å²) in [5.41, 5.74) is 0. The summed E-state index contributed by atoms with van der Waals surface area (Å²) in [7, 11) is -2.52. The molecule has 0 aliphatic rings. The standard InChI is InChI=1S/C12H22BO6.Na/c1-7(2)10(14)17-13(18-11(15)8(3)4)19-12(16)9(5)6;/h7-9,13H,1-6H3;/q-1;+1. The molecule has 0 atom stereocenters. The largest absolute Gasteiger partial charge is 1.00 e. The first-order valence-corrected chi connectivity index (χ1v) is 6.42. The van der Waals surface area contributed by atoms with E-state index in [0.29, 0.717) is 0 Å². The van der Waals surface area contributed by atoms with Gasteiger partial charge in [0, 0.05) is 17.8 Å². The van der Waals surface area contributed by atoms with Gasteiger partial charge in [0.15, 0.2) is 0 Å². The second-order valence-corrected chi connectivity index (χ2v) is 5.21. The van der Waals surface area contributed by atoms with Crippen LogP contribution in [0.4, 0.5) is 0 Å². The van der Waals surface area contributed by atoms with E-state index in [2.05, 4.69) is 0 Å². The van der Waals surface area contributed by atoms with Crippen LogP contribution in [0.1, 0.15) is 41.5 Å². The first-order chi connectivity index (χ1) is 8.65. The van der Waals surface area contributed by atoms with Gasteiger partial charge in [0.2, 0.25) is 0 Å². The molecule has 0 aliphatic carbocycles. The molecule has 0 radical (unpaired) electrons. The quantitative estimate of drug-likeness (QED) is 0.544. The molecule has 0 aliphatic heterocycles. The zero-order valence-electron chi connectivity index (χ0n) is 13.4. The Bertz CT molecular complexity index is 291. The van der Waals surface area contributed by atoms with Crippen molar-refractivity contribution in [1.29, 1.82) is 0 Å². The molecule has 8 heteroatoms. The molecule has 0 aromatic carbocycles. The third-order valence-corrected chi connectivity index (χ3v) is 2.19. The van der Waals surface area contributed by atoms with E-state index in [9.17, 15) is 14.4 Å². The fraction of sp³-hybridized carbons (Fsp3) is 0.750. The second kappa shape index (κ2) is 10.2. The number of hydrogen-bond acceptors (Lipinski definition) is 6. The van der Waals surface area contributed by atoms with Crippen LogP contribution in [0.3, 0.4) is 0 Å². The minimum absolute atomic E-state index is 0. The Morgan fingerprint density at radius 3 is 1.00 bits per heavy atom. The van der Waals surface area contributed by atoms with Crippen molar-refractivity contribution >= 4 is 25.2 Å². The van der Waals surface area contributed by atoms with Gasteiger partial charge in [-0.1, -0.05) is 41.5 Å². The van der Waals surface area contributed by atoms with Crippen molar-refractivity contribution in [2.45, 2.75) is 41.5 Å². The molecule has 0 spiro atoms. The number of rotatable bonds is 6. The predicted molar refractivity (Wildman–Crippen MR) is 69.9 cm³/mol. The zero-order chi connectivity index (χ0) is 15.2. The van der Waals surface area contributed by atoms with Gasteiger partial charge in [0.05, 0.1) is 0 Å². The van der Waals surface area contributed by atoms with E-state index in [1.54, 1.807) is 41.5 Å². The van der Waals surface area contributed by atoms with Crippen LogP contribution in [0.5, 0.6) is 0 Å². The molecule has 0 amide bonds. The molecule has 0 heterocycles. The fourth-order valence-corrected chi connectivity index (χ4v) is 0.937.